The SMILES string of the molecule is COc1cccc(-n2nnc(C(=O)Nc3cc(Cl)ccc3C)c2C)c1. The maximum Gasteiger partial charge on any atom is 0.278 e. The molecule has 0 atom stereocenters. The Morgan fingerprint density at radius 3 is 2.76 bits per heavy atom. The van der Waals surface area contributed by atoms with E-state index in [4.69, 9.17) is 16.3 Å². The first-order chi connectivity index (χ1) is 12.0. The highest BCUT2D eigenvalue weighted by Crippen LogP contribution is 2.22. The van der Waals surface area contributed by atoms with Gasteiger partial charge in [-0.1, -0.05) is 28.9 Å². The predicted octanol–water partition coefficient (Wildman–Crippen LogP) is 3.80. The van der Waals surface area contributed by atoms with E-state index in [1.54, 1.807) is 30.8 Å². The molecular formula is C18H17ClN4O2. The minimum absolute atomic E-state index is 0.252. The standard InChI is InChI=1S/C18H17ClN4O2/c1-11-7-8-13(19)9-16(11)20-18(24)17-12(2)23(22-21-17)14-5-4-6-15(10-14)25-3/h4-10H,1-3H3,(H,20,24). The first-order valence-electron chi connectivity index (χ1n) is 7.64. The number of halogens is 1. The molecule has 3 rings (SSSR count). The van der Waals surface area contributed by atoms with Crippen LogP contribution in [-0.2, 0) is 0 Å². The number of hydrogen-bond donors (Lipinski definition) is 1. The van der Waals surface area contributed by atoms with Crippen LogP contribution in [0.2, 0.25) is 5.02 Å². The first kappa shape index (κ1) is 17.0. The number of methoxy groups -OCH3 is 1. The second kappa shape index (κ2) is 6.94. The van der Waals surface area contributed by atoms with Gasteiger partial charge in [0.2, 0.25) is 0 Å². The van der Waals surface area contributed by atoms with Crippen LogP contribution in [0.25, 0.3) is 5.69 Å². The third-order valence-corrected chi connectivity index (χ3v) is 4.09. The molecule has 0 saturated heterocycles. The second-order valence-electron chi connectivity index (χ2n) is 5.55. The van der Waals surface area contributed by atoms with Gasteiger partial charge in [-0.25, -0.2) is 4.68 Å². The number of carbonyl (C=O) groups is 1. The summed E-state index contributed by atoms with van der Waals surface area (Å²) in [6.45, 7) is 3.69. The summed E-state index contributed by atoms with van der Waals surface area (Å²) in [6.07, 6.45) is 0. The van der Waals surface area contributed by atoms with Gasteiger partial charge in [0.05, 0.1) is 18.5 Å². The highest BCUT2D eigenvalue weighted by Gasteiger charge is 2.18. The average Bonchev–Trinajstić information content (AvgIpc) is 3.00. The number of aromatic nitrogens is 3. The third kappa shape index (κ3) is 3.49. The van der Waals surface area contributed by atoms with Crippen LogP contribution in [0.1, 0.15) is 21.7 Å². The molecule has 0 unspecified atom stereocenters. The number of amides is 1. The molecule has 6 nitrogen and oxygen atoms in total. The van der Waals surface area contributed by atoms with Crippen molar-refractivity contribution in [1.82, 2.24) is 15.0 Å². The molecule has 0 bridgehead atoms. The van der Waals surface area contributed by atoms with Crippen LogP contribution in [0.3, 0.4) is 0 Å². The smallest absolute Gasteiger partial charge is 0.278 e. The van der Waals surface area contributed by atoms with Crippen LogP contribution < -0.4 is 10.1 Å². The van der Waals surface area contributed by atoms with Crippen molar-refractivity contribution in [2.75, 3.05) is 12.4 Å². The fourth-order valence-corrected chi connectivity index (χ4v) is 2.61. The first-order valence-corrected chi connectivity index (χ1v) is 8.01. The molecule has 0 radical (unpaired) electrons. The summed E-state index contributed by atoms with van der Waals surface area (Å²) in [6, 6.07) is 12.7. The number of hydrogen-bond acceptors (Lipinski definition) is 4. The minimum Gasteiger partial charge on any atom is -0.497 e. The number of nitrogens with zero attached hydrogens (tertiary/aromatic N) is 3. The molecule has 0 spiro atoms. The van der Waals surface area contributed by atoms with Crippen molar-refractivity contribution >= 4 is 23.2 Å². The zero-order valence-corrected chi connectivity index (χ0v) is 14.8. The van der Waals surface area contributed by atoms with Crippen LogP contribution in [-0.4, -0.2) is 28.0 Å². The Hall–Kier alpha value is -2.86. The van der Waals surface area contributed by atoms with Gasteiger partial charge in [-0.3, -0.25) is 4.79 Å². The second-order valence-corrected chi connectivity index (χ2v) is 5.99. The van der Waals surface area contributed by atoms with Crippen molar-refractivity contribution in [2.45, 2.75) is 13.8 Å². The van der Waals surface area contributed by atoms with Gasteiger partial charge >= 0.3 is 0 Å². The van der Waals surface area contributed by atoms with E-state index in [2.05, 4.69) is 15.6 Å². The maximum absolute atomic E-state index is 12.6. The number of benzene rings is 2. The van der Waals surface area contributed by atoms with Gasteiger partial charge in [-0.15, -0.1) is 5.10 Å². The summed E-state index contributed by atoms with van der Waals surface area (Å²) in [7, 11) is 1.60. The van der Waals surface area contributed by atoms with Gasteiger partial charge < -0.3 is 10.1 Å². The lowest BCUT2D eigenvalue weighted by molar-refractivity contribution is 0.102. The van der Waals surface area contributed by atoms with E-state index in [9.17, 15) is 4.79 Å². The van der Waals surface area contributed by atoms with Crippen molar-refractivity contribution in [3.8, 4) is 11.4 Å². The van der Waals surface area contributed by atoms with Gasteiger partial charge in [-0.05, 0) is 43.7 Å². The summed E-state index contributed by atoms with van der Waals surface area (Å²) in [5.74, 6) is 0.366. The van der Waals surface area contributed by atoms with Crippen LogP contribution in [0, 0.1) is 13.8 Å². The van der Waals surface area contributed by atoms with Crippen molar-refractivity contribution in [1.29, 1.82) is 0 Å². The third-order valence-electron chi connectivity index (χ3n) is 3.86. The summed E-state index contributed by atoms with van der Waals surface area (Å²) in [4.78, 5) is 12.6. The lowest BCUT2D eigenvalue weighted by atomic mass is 10.2. The zero-order valence-electron chi connectivity index (χ0n) is 14.1. The molecule has 0 aliphatic heterocycles. The number of anilines is 1. The molecule has 0 aliphatic carbocycles. The molecule has 3 aromatic rings. The van der Waals surface area contributed by atoms with Gasteiger partial charge in [0.15, 0.2) is 5.69 Å². The Bertz CT molecular complexity index is 937. The van der Waals surface area contributed by atoms with E-state index in [1.165, 1.54) is 0 Å². The number of rotatable bonds is 4. The number of carbonyl (C=O) groups excluding carboxylic acids is 1. The highest BCUT2D eigenvalue weighted by molar-refractivity contribution is 6.31. The molecule has 7 heteroatoms. The van der Waals surface area contributed by atoms with Gasteiger partial charge in [0.1, 0.15) is 5.75 Å². The van der Waals surface area contributed by atoms with E-state index in [0.29, 0.717) is 22.2 Å². The molecule has 25 heavy (non-hydrogen) atoms. The van der Waals surface area contributed by atoms with Crippen molar-refractivity contribution < 1.29 is 9.53 Å². The van der Waals surface area contributed by atoms with Crippen LogP contribution in [0.15, 0.2) is 42.5 Å². The van der Waals surface area contributed by atoms with E-state index in [1.807, 2.05) is 37.3 Å². The van der Waals surface area contributed by atoms with Crippen LogP contribution in [0.5, 0.6) is 5.75 Å². The Kier molecular flexibility index (Phi) is 4.72. The quantitative estimate of drug-likeness (QED) is 0.772. The summed E-state index contributed by atoms with van der Waals surface area (Å²) >= 11 is 6.00. The molecule has 0 fully saturated rings. The van der Waals surface area contributed by atoms with Crippen molar-refractivity contribution in [2.24, 2.45) is 0 Å². The summed E-state index contributed by atoms with van der Waals surface area (Å²) in [5, 5.41) is 11.5. The van der Waals surface area contributed by atoms with Gasteiger partial charge in [-0.2, -0.15) is 0 Å². The molecular weight excluding hydrogens is 340 g/mol. The predicted molar refractivity (Wildman–Crippen MR) is 96.8 cm³/mol. The lowest BCUT2D eigenvalue weighted by Crippen LogP contribution is -2.15. The largest absolute Gasteiger partial charge is 0.497 e. The normalized spacial score (nSPS) is 10.6. The molecule has 2 aromatic carbocycles. The zero-order chi connectivity index (χ0) is 18.0. The molecule has 1 heterocycles. The summed E-state index contributed by atoms with van der Waals surface area (Å²) in [5.41, 5.74) is 3.21. The lowest BCUT2D eigenvalue weighted by Gasteiger charge is -2.08. The molecule has 1 aromatic heterocycles. The van der Waals surface area contributed by atoms with Gasteiger partial charge in [0, 0.05) is 16.8 Å². The minimum atomic E-state index is -0.336. The van der Waals surface area contributed by atoms with Crippen LogP contribution >= 0.6 is 11.6 Å². The van der Waals surface area contributed by atoms with E-state index in [0.717, 1.165) is 11.3 Å². The Morgan fingerprint density at radius 1 is 1.20 bits per heavy atom. The molecule has 1 amide bonds. The molecule has 1 N–H and O–H groups in total. The monoisotopic (exact) mass is 356 g/mol. The fraction of sp³-hybridized carbons (Fsp3) is 0.167. The van der Waals surface area contributed by atoms with Crippen LogP contribution in [0.4, 0.5) is 5.69 Å². The highest BCUT2D eigenvalue weighted by atomic mass is 35.5. The maximum atomic E-state index is 12.6. The molecule has 0 saturated carbocycles. The van der Waals surface area contributed by atoms with Crippen molar-refractivity contribution in [3.05, 3.63) is 64.4 Å². The summed E-state index contributed by atoms with van der Waals surface area (Å²) < 4.78 is 6.82. The topological polar surface area (TPSA) is 69.0 Å². The Labute approximate surface area is 150 Å². The molecule has 128 valence electrons. The Morgan fingerprint density at radius 2 is 2.00 bits per heavy atom. The molecule has 0 aliphatic rings. The average molecular weight is 357 g/mol. The van der Waals surface area contributed by atoms with Crippen molar-refractivity contribution in [3.63, 3.8) is 0 Å². The number of ether oxygens (including phenoxy) is 1. The van der Waals surface area contributed by atoms with E-state index >= 15 is 0 Å². The van der Waals surface area contributed by atoms with Gasteiger partial charge in [0.25, 0.3) is 5.91 Å². The van der Waals surface area contributed by atoms with E-state index in [-0.39, 0.29) is 11.6 Å². The number of aryl methyl sites for hydroxylation is 1. The number of nitrogens with one attached hydrogen (secondary N) is 1. The van der Waals surface area contributed by atoms with E-state index < -0.39 is 0 Å². The fourth-order valence-electron chi connectivity index (χ4n) is 2.44. The Balaban J connectivity index is 1.90.